The summed E-state index contributed by atoms with van der Waals surface area (Å²) in [6.07, 6.45) is -1.93. The lowest BCUT2D eigenvalue weighted by Gasteiger charge is -2.08. The van der Waals surface area contributed by atoms with E-state index in [1.807, 2.05) is 6.92 Å². The van der Waals surface area contributed by atoms with Crippen molar-refractivity contribution < 1.29 is 27.8 Å². The summed E-state index contributed by atoms with van der Waals surface area (Å²) in [5.41, 5.74) is -1.43. The van der Waals surface area contributed by atoms with Crippen LogP contribution in [0.1, 0.15) is 32.6 Å². The Morgan fingerprint density at radius 3 is 2.39 bits per heavy atom. The van der Waals surface area contributed by atoms with E-state index in [0.29, 0.717) is 6.42 Å². The topological polar surface area (TPSA) is 50.9 Å². The molecule has 0 aliphatic carbocycles. The summed E-state index contributed by atoms with van der Waals surface area (Å²) in [5.74, 6) is -3.66. The van der Waals surface area contributed by atoms with Gasteiger partial charge in [0.25, 0.3) is 0 Å². The number of esters is 1. The summed E-state index contributed by atoms with van der Waals surface area (Å²) in [4.78, 5) is 13.5. The highest BCUT2D eigenvalue weighted by molar-refractivity contribution is 5.91. The first-order valence-electron chi connectivity index (χ1n) is 5.39. The van der Waals surface area contributed by atoms with Crippen LogP contribution in [-0.4, -0.2) is 23.9 Å². The fourth-order valence-electron chi connectivity index (χ4n) is 1.09. The molecule has 0 atom stereocenters. The molecule has 0 aromatic rings. The third-order valence-corrected chi connectivity index (χ3v) is 2.03. The molecule has 0 bridgehead atoms. The number of hydrogen-bond donors (Lipinski definition) is 1. The molecular weight excluding hydrogens is 251 g/mol. The van der Waals surface area contributed by atoms with Crippen molar-refractivity contribution in [3.8, 4) is 0 Å². The van der Waals surface area contributed by atoms with Gasteiger partial charge in [0, 0.05) is 0 Å². The number of unbranched alkanes of at least 4 members (excludes halogenated alkanes) is 3. The fourth-order valence-corrected chi connectivity index (χ4v) is 1.09. The number of nitrogens with zero attached hydrogens (tertiary/aromatic N) is 1. The lowest BCUT2D eigenvalue weighted by Crippen LogP contribution is -2.18. The minimum absolute atomic E-state index is 0.0665. The van der Waals surface area contributed by atoms with Gasteiger partial charge >= 0.3 is 17.8 Å². The first-order valence-corrected chi connectivity index (χ1v) is 5.39. The lowest BCUT2D eigenvalue weighted by molar-refractivity contribution is -0.142. The quantitative estimate of drug-likeness (QED) is 0.263. The highest BCUT2D eigenvalue weighted by Crippen LogP contribution is 2.27. The fraction of sp³-hybridized carbons (Fsp3) is 0.636. The van der Waals surface area contributed by atoms with Crippen LogP contribution in [0.25, 0.3) is 4.85 Å². The molecule has 0 aliphatic rings. The van der Waals surface area contributed by atoms with Crippen LogP contribution in [0.5, 0.6) is 0 Å². The summed E-state index contributed by atoms with van der Waals surface area (Å²) < 4.78 is 40.7. The van der Waals surface area contributed by atoms with E-state index in [-0.39, 0.29) is 6.61 Å². The molecule has 0 saturated heterocycles. The van der Waals surface area contributed by atoms with Gasteiger partial charge in [0.05, 0.1) is 13.2 Å². The Morgan fingerprint density at radius 2 is 1.94 bits per heavy atom. The first kappa shape index (κ1) is 16.3. The minimum atomic E-state index is -5.12. The zero-order valence-corrected chi connectivity index (χ0v) is 9.88. The molecule has 0 radical (unpaired) electrons. The standard InChI is InChI=1S/C11H14F3NO3/c1-3-4-5-6-7-18-10(17)8(15-2)9(16)11(12,13)14/h16H,3-7H2,1H3/b9-8+. The van der Waals surface area contributed by atoms with Crippen molar-refractivity contribution in [2.45, 2.75) is 38.8 Å². The molecule has 0 saturated carbocycles. The third kappa shape index (κ3) is 5.57. The van der Waals surface area contributed by atoms with Crippen LogP contribution in [0, 0.1) is 6.57 Å². The van der Waals surface area contributed by atoms with Crippen molar-refractivity contribution in [3.05, 3.63) is 22.9 Å². The molecule has 0 rings (SSSR count). The van der Waals surface area contributed by atoms with E-state index < -0.39 is 23.6 Å². The van der Waals surface area contributed by atoms with Gasteiger partial charge in [0.1, 0.15) is 0 Å². The van der Waals surface area contributed by atoms with E-state index >= 15 is 0 Å². The second-order valence-electron chi connectivity index (χ2n) is 3.50. The molecule has 0 heterocycles. The van der Waals surface area contributed by atoms with Crippen LogP contribution < -0.4 is 0 Å². The van der Waals surface area contributed by atoms with Crippen molar-refractivity contribution in [3.63, 3.8) is 0 Å². The van der Waals surface area contributed by atoms with Crippen molar-refractivity contribution in [1.29, 1.82) is 0 Å². The van der Waals surface area contributed by atoms with Crippen LogP contribution in [-0.2, 0) is 9.53 Å². The van der Waals surface area contributed by atoms with E-state index in [0.717, 1.165) is 19.3 Å². The minimum Gasteiger partial charge on any atom is -0.515 e. The van der Waals surface area contributed by atoms with Crippen molar-refractivity contribution in [2.24, 2.45) is 0 Å². The van der Waals surface area contributed by atoms with Crippen LogP contribution in [0.4, 0.5) is 13.2 Å². The van der Waals surface area contributed by atoms with Gasteiger partial charge in [-0.1, -0.05) is 26.2 Å². The maximum absolute atomic E-state index is 12.1. The van der Waals surface area contributed by atoms with E-state index in [2.05, 4.69) is 9.58 Å². The van der Waals surface area contributed by atoms with Gasteiger partial charge in [-0.3, -0.25) is 4.79 Å². The summed E-state index contributed by atoms with van der Waals surface area (Å²) in [6.45, 7) is 8.37. The number of aliphatic hydroxyl groups excluding tert-OH is 1. The Labute approximate surface area is 103 Å². The first-order chi connectivity index (χ1) is 8.34. The van der Waals surface area contributed by atoms with Gasteiger partial charge in [-0.05, 0) is 6.42 Å². The van der Waals surface area contributed by atoms with Gasteiger partial charge in [0.2, 0.25) is 5.76 Å². The summed E-state index contributed by atoms with van der Waals surface area (Å²) in [5, 5.41) is 8.70. The Morgan fingerprint density at radius 1 is 1.33 bits per heavy atom. The molecular formula is C11H14F3NO3. The molecule has 0 amide bonds. The Hall–Kier alpha value is -1.71. The van der Waals surface area contributed by atoms with Crippen molar-refractivity contribution >= 4 is 5.97 Å². The molecule has 0 aromatic heterocycles. The number of carbonyl (C=O) groups excluding carboxylic acids is 1. The Balaban J connectivity index is 4.44. The normalized spacial score (nSPS) is 12.6. The molecule has 0 fully saturated rings. The van der Waals surface area contributed by atoms with Gasteiger partial charge in [-0.15, -0.1) is 0 Å². The number of halogens is 3. The van der Waals surface area contributed by atoms with Crippen LogP contribution in [0.15, 0.2) is 11.5 Å². The van der Waals surface area contributed by atoms with E-state index in [9.17, 15) is 18.0 Å². The van der Waals surface area contributed by atoms with E-state index in [4.69, 9.17) is 11.7 Å². The summed E-state index contributed by atoms with van der Waals surface area (Å²) in [7, 11) is 0. The van der Waals surface area contributed by atoms with Gasteiger partial charge in [-0.25, -0.2) is 4.85 Å². The molecule has 0 aliphatic heterocycles. The number of rotatable bonds is 6. The average Bonchev–Trinajstić information content (AvgIpc) is 2.28. The maximum atomic E-state index is 12.1. The predicted molar refractivity (Wildman–Crippen MR) is 57.4 cm³/mol. The molecule has 18 heavy (non-hydrogen) atoms. The predicted octanol–water partition coefficient (Wildman–Crippen LogP) is 3.36. The number of carbonyl (C=O) groups is 1. The smallest absolute Gasteiger partial charge is 0.438 e. The number of alkyl halides is 3. The second kappa shape index (κ2) is 7.58. The third-order valence-electron chi connectivity index (χ3n) is 2.03. The largest absolute Gasteiger partial charge is 0.515 e. The number of allylic oxidation sites excluding steroid dienone is 1. The van der Waals surface area contributed by atoms with E-state index in [1.165, 1.54) is 0 Å². The highest BCUT2D eigenvalue weighted by Gasteiger charge is 2.39. The number of ether oxygens (including phenoxy) is 1. The van der Waals surface area contributed by atoms with Crippen LogP contribution in [0.2, 0.25) is 0 Å². The van der Waals surface area contributed by atoms with Gasteiger partial charge in [-0.2, -0.15) is 13.2 Å². The monoisotopic (exact) mass is 265 g/mol. The zero-order valence-electron chi connectivity index (χ0n) is 9.88. The molecule has 0 spiro atoms. The zero-order chi connectivity index (χ0) is 14.2. The molecule has 7 heteroatoms. The number of aliphatic hydroxyl groups is 1. The lowest BCUT2D eigenvalue weighted by atomic mass is 10.2. The van der Waals surface area contributed by atoms with Crippen LogP contribution in [0.3, 0.4) is 0 Å². The SMILES string of the molecule is [C-]#[N+]/C(C(=O)OCCCCCC)=C(/O)C(F)(F)F. The van der Waals surface area contributed by atoms with Gasteiger partial charge in [0.15, 0.2) is 0 Å². The number of hydrogen-bond acceptors (Lipinski definition) is 3. The van der Waals surface area contributed by atoms with Crippen molar-refractivity contribution in [2.75, 3.05) is 6.61 Å². The Bertz CT molecular complexity index is 356. The molecule has 4 nitrogen and oxygen atoms in total. The molecule has 102 valence electrons. The summed E-state index contributed by atoms with van der Waals surface area (Å²) >= 11 is 0. The van der Waals surface area contributed by atoms with Crippen molar-refractivity contribution in [1.82, 2.24) is 0 Å². The van der Waals surface area contributed by atoms with Crippen LogP contribution >= 0.6 is 0 Å². The maximum Gasteiger partial charge on any atom is 0.438 e. The highest BCUT2D eigenvalue weighted by atomic mass is 19.4. The summed E-state index contributed by atoms with van der Waals surface area (Å²) in [6, 6.07) is 0. The molecule has 0 unspecified atom stereocenters. The Kier molecular flexibility index (Phi) is 6.86. The van der Waals surface area contributed by atoms with Gasteiger partial charge < -0.3 is 9.84 Å². The average molecular weight is 265 g/mol. The molecule has 0 aromatic carbocycles. The second-order valence-corrected chi connectivity index (χ2v) is 3.50. The molecule has 1 N–H and O–H groups in total. The van der Waals surface area contributed by atoms with E-state index in [1.54, 1.807) is 0 Å².